The van der Waals surface area contributed by atoms with Crippen LogP contribution < -0.4 is 20.7 Å². The van der Waals surface area contributed by atoms with Crippen LogP contribution in [0.15, 0.2) is 47.8 Å². The molecule has 2 aromatic carbocycles. The zero-order chi connectivity index (χ0) is 23.9. The van der Waals surface area contributed by atoms with E-state index in [1.165, 1.54) is 23.8 Å². The lowest BCUT2D eigenvalue weighted by atomic mass is 10.0. The quantitative estimate of drug-likeness (QED) is 0.406. The Balaban J connectivity index is 1.26. The molecule has 3 aromatic rings. The maximum absolute atomic E-state index is 12.3. The fraction of sp³-hybridized carbons (Fsp3) is 0.280. The van der Waals surface area contributed by atoms with E-state index in [-0.39, 0.29) is 24.3 Å². The minimum absolute atomic E-state index is 0.0109. The fourth-order valence-electron chi connectivity index (χ4n) is 3.62. The number of aromatic nitrogens is 1. The van der Waals surface area contributed by atoms with Crippen molar-refractivity contribution in [2.45, 2.75) is 32.6 Å². The first-order chi connectivity index (χ1) is 16.5. The predicted molar refractivity (Wildman–Crippen MR) is 132 cm³/mol. The van der Waals surface area contributed by atoms with Crippen LogP contribution in [0.3, 0.4) is 0 Å². The number of carbonyl (C=O) groups is 3. The highest BCUT2D eigenvalue weighted by Gasteiger charge is 2.15. The maximum Gasteiger partial charge on any atom is 0.264 e. The molecule has 0 bridgehead atoms. The van der Waals surface area contributed by atoms with Crippen LogP contribution in [0.1, 0.15) is 30.9 Å². The standard InChI is InChI=1S/C25H26N4O4S/c1-16(30)26-12-2-3-17-4-6-18(7-5-17)22-15-34-25(28-22)29-24(32)14-33-20-9-10-21-19(13-20)8-11-23(31)27-21/h4-7,9-10,13,15H,2-3,8,11-12,14H2,1H3,(H,26,30)(H,27,31)(H,28,29,32). The summed E-state index contributed by atoms with van der Waals surface area (Å²) in [6.07, 6.45) is 2.88. The van der Waals surface area contributed by atoms with E-state index in [1.54, 1.807) is 12.1 Å². The molecule has 0 saturated carbocycles. The Morgan fingerprint density at radius 2 is 1.97 bits per heavy atom. The van der Waals surface area contributed by atoms with Crippen molar-refractivity contribution < 1.29 is 19.1 Å². The number of thiazole rings is 1. The summed E-state index contributed by atoms with van der Waals surface area (Å²) in [6.45, 7) is 2.05. The number of fused-ring (bicyclic) bond motifs is 1. The summed E-state index contributed by atoms with van der Waals surface area (Å²) in [4.78, 5) is 39.2. The van der Waals surface area contributed by atoms with E-state index >= 15 is 0 Å². The van der Waals surface area contributed by atoms with Gasteiger partial charge in [-0.15, -0.1) is 11.3 Å². The van der Waals surface area contributed by atoms with Gasteiger partial charge in [0.25, 0.3) is 5.91 Å². The molecule has 0 spiro atoms. The Hall–Kier alpha value is -3.72. The molecule has 8 nitrogen and oxygen atoms in total. The summed E-state index contributed by atoms with van der Waals surface area (Å²) < 4.78 is 5.62. The van der Waals surface area contributed by atoms with Crippen LogP contribution in [0.25, 0.3) is 11.3 Å². The van der Waals surface area contributed by atoms with Crippen molar-refractivity contribution in [3.8, 4) is 17.0 Å². The first kappa shape index (κ1) is 23.4. The molecular weight excluding hydrogens is 452 g/mol. The third kappa shape index (κ3) is 6.41. The highest BCUT2D eigenvalue weighted by molar-refractivity contribution is 7.14. The topological polar surface area (TPSA) is 109 Å². The molecule has 4 rings (SSSR count). The number of anilines is 2. The van der Waals surface area contributed by atoms with E-state index in [2.05, 4.69) is 33.1 Å². The van der Waals surface area contributed by atoms with Gasteiger partial charge in [-0.2, -0.15) is 0 Å². The molecule has 1 aromatic heterocycles. The number of rotatable bonds is 9. The molecule has 9 heteroatoms. The lowest BCUT2D eigenvalue weighted by Crippen LogP contribution is -2.21. The van der Waals surface area contributed by atoms with Crippen LogP contribution in [0.4, 0.5) is 10.8 Å². The number of carbonyl (C=O) groups excluding carboxylic acids is 3. The van der Waals surface area contributed by atoms with Gasteiger partial charge in [0.1, 0.15) is 5.75 Å². The summed E-state index contributed by atoms with van der Waals surface area (Å²) in [5, 5.41) is 10.8. The van der Waals surface area contributed by atoms with Gasteiger partial charge in [-0.05, 0) is 48.6 Å². The van der Waals surface area contributed by atoms with E-state index in [0.717, 1.165) is 35.3 Å². The maximum atomic E-state index is 12.3. The monoisotopic (exact) mass is 478 g/mol. The second-order valence-electron chi connectivity index (χ2n) is 8.03. The van der Waals surface area contributed by atoms with Gasteiger partial charge >= 0.3 is 0 Å². The summed E-state index contributed by atoms with van der Waals surface area (Å²) in [5.41, 5.74) is 4.75. The lowest BCUT2D eigenvalue weighted by Gasteiger charge is -2.17. The van der Waals surface area contributed by atoms with E-state index in [0.29, 0.717) is 30.3 Å². The van der Waals surface area contributed by atoms with Gasteiger partial charge in [0.05, 0.1) is 5.69 Å². The largest absolute Gasteiger partial charge is 0.484 e. The SMILES string of the molecule is CC(=O)NCCCc1ccc(-c2csc(NC(=O)COc3ccc4c(c3)CCC(=O)N4)n2)cc1. The third-order valence-electron chi connectivity index (χ3n) is 5.36. The Kier molecular flexibility index (Phi) is 7.54. The molecule has 0 fully saturated rings. The zero-order valence-electron chi connectivity index (χ0n) is 18.8. The molecule has 176 valence electrons. The molecule has 34 heavy (non-hydrogen) atoms. The number of nitrogens with one attached hydrogen (secondary N) is 3. The Morgan fingerprint density at radius 1 is 1.15 bits per heavy atom. The van der Waals surface area contributed by atoms with Gasteiger partial charge < -0.3 is 15.4 Å². The fourth-order valence-corrected chi connectivity index (χ4v) is 4.35. The van der Waals surface area contributed by atoms with Crippen molar-refractivity contribution in [3.05, 3.63) is 59.0 Å². The van der Waals surface area contributed by atoms with Gasteiger partial charge in [-0.25, -0.2) is 4.98 Å². The molecule has 3 amide bonds. The van der Waals surface area contributed by atoms with Crippen molar-refractivity contribution in [3.63, 3.8) is 0 Å². The van der Waals surface area contributed by atoms with Crippen molar-refractivity contribution in [2.75, 3.05) is 23.8 Å². The van der Waals surface area contributed by atoms with Crippen LogP contribution in [0.5, 0.6) is 5.75 Å². The summed E-state index contributed by atoms with van der Waals surface area (Å²) in [5.74, 6) is 0.296. The van der Waals surface area contributed by atoms with Gasteiger partial charge in [-0.1, -0.05) is 24.3 Å². The molecule has 1 aliphatic heterocycles. The molecular formula is C25H26N4O4S. The molecule has 1 aliphatic rings. The van der Waals surface area contributed by atoms with Gasteiger partial charge in [0.2, 0.25) is 11.8 Å². The third-order valence-corrected chi connectivity index (χ3v) is 6.12. The first-order valence-corrected chi connectivity index (χ1v) is 12.0. The second-order valence-corrected chi connectivity index (χ2v) is 8.88. The molecule has 3 N–H and O–H groups in total. The molecule has 0 atom stereocenters. The van der Waals surface area contributed by atoms with Crippen LogP contribution in [0.2, 0.25) is 0 Å². The number of aryl methyl sites for hydroxylation is 2. The average Bonchev–Trinajstić information content (AvgIpc) is 3.29. The van der Waals surface area contributed by atoms with Crippen molar-refractivity contribution >= 4 is 39.9 Å². The first-order valence-electron chi connectivity index (χ1n) is 11.1. The summed E-state index contributed by atoms with van der Waals surface area (Å²) in [6, 6.07) is 13.5. The van der Waals surface area contributed by atoms with E-state index in [1.807, 2.05) is 23.6 Å². The number of hydrogen-bond acceptors (Lipinski definition) is 6. The normalized spacial score (nSPS) is 12.4. The van der Waals surface area contributed by atoms with Crippen LogP contribution in [0, 0.1) is 0 Å². The van der Waals surface area contributed by atoms with Crippen LogP contribution in [-0.2, 0) is 27.2 Å². The smallest absolute Gasteiger partial charge is 0.264 e. The molecule has 2 heterocycles. The number of nitrogens with zero attached hydrogens (tertiary/aromatic N) is 1. The number of benzene rings is 2. The number of ether oxygens (including phenoxy) is 1. The number of amides is 3. The summed E-state index contributed by atoms with van der Waals surface area (Å²) in [7, 11) is 0. The highest BCUT2D eigenvalue weighted by atomic mass is 32.1. The van der Waals surface area contributed by atoms with Gasteiger partial charge in [0, 0.05) is 36.5 Å². The summed E-state index contributed by atoms with van der Waals surface area (Å²) >= 11 is 1.36. The van der Waals surface area contributed by atoms with Gasteiger partial charge in [-0.3, -0.25) is 19.7 Å². The van der Waals surface area contributed by atoms with E-state index in [9.17, 15) is 14.4 Å². The minimum Gasteiger partial charge on any atom is -0.484 e. The Morgan fingerprint density at radius 3 is 2.76 bits per heavy atom. The molecule has 0 radical (unpaired) electrons. The van der Waals surface area contributed by atoms with E-state index in [4.69, 9.17) is 4.74 Å². The van der Waals surface area contributed by atoms with Gasteiger partial charge in [0.15, 0.2) is 11.7 Å². The predicted octanol–water partition coefficient (Wildman–Crippen LogP) is 3.78. The van der Waals surface area contributed by atoms with Crippen molar-refractivity contribution in [1.29, 1.82) is 0 Å². The molecule has 0 saturated heterocycles. The van der Waals surface area contributed by atoms with Crippen molar-refractivity contribution in [2.24, 2.45) is 0 Å². The average molecular weight is 479 g/mol. The van der Waals surface area contributed by atoms with Crippen molar-refractivity contribution in [1.82, 2.24) is 10.3 Å². The zero-order valence-corrected chi connectivity index (χ0v) is 19.7. The lowest BCUT2D eigenvalue weighted by molar-refractivity contribution is -0.119. The van der Waals surface area contributed by atoms with Crippen LogP contribution in [-0.4, -0.2) is 35.9 Å². The number of hydrogen-bond donors (Lipinski definition) is 3. The second kappa shape index (κ2) is 10.9. The Bertz CT molecular complexity index is 1190. The van der Waals surface area contributed by atoms with E-state index < -0.39 is 0 Å². The minimum atomic E-state index is -0.290. The highest BCUT2D eigenvalue weighted by Crippen LogP contribution is 2.27. The molecule has 0 unspecified atom stereocenters. The molecule has 0 aliphatic carbocycles. The van der Waals surface area contributed by atoms with Crippen LogP contribution >= 0.6 is 11.3 Å². The Labute approximate surface area is 201 Å².